The summed E-state index contributed by atoms with van der Waals surface area (Å²) in [6.45, 7) is 2.77. The molecule has 1 heterocycles. The van der Waals surface area contributed by atoms with E-state index in [4.69, 9.17) is 0 Å². The summed E-state index contributed by atoms with van der Waals surface area (Å²) < 4.78 is 12.8. The van der Waals surface area contributed by atoms with Gasteiger partial charge in [-0.1, -0.05) is 0 Å². The SMILES string of the molecule is CC(=O)NCC(O)C(O)c1ccc(F)nc1C. The second-order valence-electron chi connectivity index (χ2n) is 3.76. The predicted molar refractivity (Wildman–Crippen MR) is 58.6 cm³/mol. The van der Waals surface area contributed by atoms with Crippen molar-refractivity contribution in [1.29, 1.82) is 0 Å². The largest absolute Gasteiger partial charge is 0.388 e. The van der Waals surface area contributed by atoms with Gasteiger partial charge in [0.2, 0.25) is 11.9 Å². The van der Waals surface area contributed by atoms with Crippen molar-refractivity contribution in [2.75, 3.05) is 6.54 Å². The van der Waals surface area contributed by atoms with Crippen LogP contribution in [0.4, 0.5) is 4.39 Å². The minimum Gasteiger partial charge on any atom is -0.388 e. The number of pyridine rings is 1. The highest BCUT2D eigenvalue weighted by atomic mass is 19.1. The van der Waals surface area contributed by atoms with Crippen LogP contribution < -0.4 is 5.32 Å². The second kappa shape index (κ2) is 5.70. The van der Waals surface area contributed by atoms with Crippen LogP contribution in [0, 0.1) is 12.9 Å². The van der Waals surface area contributed by atoms with Crippen LogP contribution >= 0.6 is 0 Å². The highest BCUT2D eigenvalue weighted by Gasteiger charge is 2.21. The molecule has 0 aromatic carbocycles. The number of nitrogens with zero attached hydrogens (tertiary/aromatic N) is 1. The molecule has 0 aliphatic rings. The smallest absolute Gasteiger partial charge is 0.216 e. The number of hydrogen-bond acceptors (Lipinski definition) is 4. The number of carbonyl (C=O) groups is 1. The summed E-state index contributed by atoms with van der Waals surface area (Å²) in [7, 11) is 0. The minimum absolute atomic E-state index is 0.0761. The summed E-state index contributed by atoms with van der Waals surface area (Å²) in [5, 5.41) is 21.8. The maximum absolute atomic E-state index is 12.8. The maximum atomic E-state index is 12.8. The van der Waals surface area contributed by atoms with Crippen LogP contribution in [0.15, 0.2) is 12.1 Å². The standard InChI is InChI=1S/C11H15FN2O3/c1-6-8(3-4-10(12)14-6)11(17)9(16)5-13-7(2)15/h3-4,9,11,16-17H,5H2,1-2H3,(H,13,15). The van der Waals surface area contributed by atoms with E-state index in [2.05, 4.69) is 10.3 Å². The Kier molecular flexibility index (Phi) is 4.53. The van der Waals surface area contributed by atoms with Crippen molar-refractivity contribution in [3.63, 3.8) is 0 Å². The average Bonchev–Trinajstić information content (AvgIpc) is 2.25. The number of aromatic nitrogens is 1. The first kappa shape index (κ1) is 13.5. The first-order valence-electron chi connectivity index (χ1n) is 5.15. The molecule has 94 valence electrons. The van der Waals surface area contributed by atoms with E-state index in [9.17, 15) is 19.4 Å². The topological polar surface area (TPSA) is 82.5 Å². The second-order valence-corrected chi connectivity index (χ2v) is 3.76. The van der Waals surface area contributed by atoms with Crippen molar-refractivity contribution in [3.05, 3.63) is 29.3 Å². The Morgan fingerprint density at radius 2 is 2.18 bits per heavy atom. The molecule has 3 N–H and O–H groups in total. The molecule has 0 bridgehead atoms. The van der Waals surface area contributed by atoms with Gasteiger partial charge < -0.3 is 15.5 Å². The Morgan fingerprint density at radius 1 is 1.53 bits per heavy atom. The molecular formula is C11H15FN2O3. The molecule has 0 aliphatic carbocycles. The Morgan fingerprint density at radius 3 is 2.71 bits per heavy atom. The van der Waals surface area contributed by atoms with E-state index in [-0.39, 0.29) is 12.5 Å². The lowest BCUT2D eigenvalue weighted by molar-refractivity contribution is -0.119. The molecule has 0 saturated heterocycles. The molecule has 0 saturated carbocycles. The molecule has 2 unspecified atom stereocenters. The maximum Gasteiger partial charge on any atom is 0.216 e. The van der Waals surface area contributed by atoms with Crippen LogP contribution in [0.5, 0.6) is 0 Å². The summed E-state index contributed by atoms with van der Waals surface area (Å²) in [4.78, 5) is 14.2. The van der Waals surface area contributed by atoms with Gasteiger partial charge >= 0.3 is 0 Å². The van der Waals surface area contributed by atoms with E-state index in [1.807, 2.05) is 0 Å². The first-order chi connectivity index (χ1) is 7.91. The van der Waals surface area contributed by atoms with Gasteiger partial charge in [0, 0.05) is 24.7 Å². The van der Waals surface area contributed by atoms with E-state index in [1.165, 1.54) is 19.9 Å². The van der Waals surface area contributed by atoms with Crippen molar-refractivity contribution < 1.29 is 19.4 Å². The molecule has 17 heavy (non-hydrogen) atoms. The van der Waals surface area contributed by atoms with Gasteiger partial charge in [-0.15, -0.1) is 0 Å². The number of hydrogen-bond donors (Lipinski definition) is 3. The summed E-state index contributed by atoms with van der Waals surface area (Å²) in [5.74, 6) is -0.944. The molecule has 1 rings (SSSR count). The molecule has 6 heteroatoms. The van der Waals surface area contributed by atoms with Crippen molar-refractivity contribution >= 4 is 5.91 Å². The van der Waals surface area contributed by atoms with Gasteiger partial charge in [-0.2, -0.15) is 4.39 Å². The van der Waals surface area contributed by atoms with E-state index >= 15 is 0 Å². The number of rotatable bonds is 4. The van der Waals surface area contributed by atoms with Crippen LogP contribution in [0.2, 0.25) is 0 Å². The van der Waals surface area contributed by atoms with E-state index in [0.717, 1.165) is 6.07 Å². The molecule has 0 radical (unpaired) electrons. The fraction of sp³-hybridized carbons (Fsp3) is 0.455. The van der Waals surface area contributed by atoms with E-state index < -0.39 is 18.2 Å². The number of nitrogens with one attached hydrogen (secondary N) is 1. The zero-order valence-electron chi connectivity index (χ0n) is 9.64. The van der Waals surface area contributed by atoms with Crippen molar-refractivity contribution in [3.8, 4) is 0 Å². The molecular weight excluding hydrogens is 227 g/mol. The Bertz CT molecular complexity index is 412. The fourth-order valence-corrected chi connectivity index (χ4v) is 1.42. The van der Waals surface area contributed by atoms with Gasteiger partial charge in [0.1, 0.15) is 12.2 Å². The highest BCUT2D eigenvalue weighted by Crippen LogP contribution is 2.19. The van der Waals surface area contributed by atoms with Crippen LogP contribution in [-0.4, -0.2) is 33.8 Å². The summed E-state index contributed by atoms with van der Waals surface area (Å²) in [5.41, 5.74) is 0.642. The van der Waals surface area contributed by atoms with Crippen molar-refractivity contribution in [2.24, 2.45) is 0 Å². The van der Waals surface area contributed by atoms with Gasteiger partial charge in [-0.25, -0.2) is 4.98 Å². The molecule has 0 aliphatic heterocycles. The molecule has 2 atom stereocenters. The Hall–Kier alpha value is -1.53. The summed E-state index contributed by atoms with van der Waals surface area (Å²) >= 11 is 0. The third-order valence-electron chi connectivity index (χ3n) is 2.34. The van der Waals surface area contributed by atoms with Crippen LogP contribution in [0.3, 0.4) is 0 Å². The highest BCUT2D eigenvalue weighted by molar-refractivity contribution is 5.72. The zero-order chi connectivity index (χ0) is 13.0. The number of aryl methyl sites for hydroxylation is 1. The van der Waals surface area contributed by atoms with Crippen LogP contribution in [0.25, 0.3) is 0 Å². The van der Waals surface area contributed by atoms with E-state index in [0.29, 0.717) is 11.3 Å². The lowest BCUT2D eigenvalue weighted by Gasteiger charge is -2.19. The lowest BCUT2D eigenvalue weighted by Crippen LogP contribution is -2.34. The first-order valence-corrected chi connectivity index (χ1v) is 5.15. The minimum atomic E-state index is -1.21. The van der Waals surface area contributed by atoms with Crippen LogP contribution in [0.1, 0.15) is 24.3 Å². The van der Waals surface area contributed by atoms with Crippen LogP contribution in [-0.2, 0) is 4.79 Å². The molecule has 5 nitrogen and oxygen atoms in total. The third-order valence-corrected chi connectivity index (χ3v) is 2.34. The van der Waals surface area contributed by atoms with Gasteiger partial charge in [0.25, 0.3) is 0 Å². The number of aliphatic hydroxyl groups is 2. The Balaban J connectivity index is 2.74. The van der Waals surface area contributed by atoms with Crippen molar-refractivity contribution in [1.82, 2.24) is 10.3 Å². The quantitative estimate of drug-likeness (QED) is 0.652. The zero-order valence-corrected chi connectivity index (χ0v) is 9.64. The van der Waals surface area contributed by atoms with Gasteiger partial charge in [0.15, 0.2) is 0 Å². The molecule has 1 amide bonds. The summed E-state index contributed by atoms with van der Waals surface area (Å²) in [6, 6.07) is 2.47. The Labute approximate surface area is 98.3 Å². The average molecular weight is 242 g/mol. The van der Waals surface area contributed by atoms with Gasteiger partial charge in [0.05, 0.1) is 0 Å². The third kappa shape index (κ3) is 3.76. The van der Waals surface area contributed by atoms with Gasteiger partial charge in [-0.05, 0) is 19.1 Å². The molecule has 0 fully saturated rings. The van der Waals surface area contributed by atoms with Crippen molar-refractivity contribution in [2.45, 2.75) is 26.1 Å². The predicted octanol–water partition coefficient (Wildman–Crippen LogP) is 0.0595. The van der Waals surface area contributed by atoms with E-state index in [1.54, 1.807) is 0 Å². The number of carbonyl (C=O) groups excluding carboxylic acids is 1. The normalized spacial score (nSPS) is 14.2. The monoisotopic (exact) mass is 242 g/mol. The molecule has 1 aromatic heterocycles. The van der Waals surface area contributed by atoms with Gasteiger partial charge in [-0.3, -0.25) is 4.79 Å². The fourth-order valence-electron chi connectivity index (χ4n) is 1.42. The number of amides is 1. The molecule has 1 aromatic rings. The molecule has 0 spiro atoms. The summed E-state index contributed by atoms with van der Waals surface area (Å²) in [6.07, 6.45) is -2.38. The lowest BCUT2D eigenvalue weighted by atomic mass is 10.0. The number of halogens is 1. The number of aliphatic hydroxyl groups excluding tert-OH is 2.